The van der Waals surface area contributed by atoms with Crippen molar-refractivity contribution in [3.05, 3.63) is 91.0 Å². The van der Waals surface area contributed by atoms with Crippen molar-refractivity contribution in [2.24, 2.45) is 0 Å². The Labute approximate surface area is 189 Å². The molecule has 0 radical (unpaired) electrons. The second-order valence-electron chi connectivity index (χ2n) is 8.45. The van der Waals surface area contributed by atoms with Gasteiger partial charge in [0.2, 0.25) is 0 Å². The molecule has 4 aromatic rings. The van der Waals surface area contributed by atoms with E-state index >= 15 is 0 Å². The predicted octanol–water partition coefficient (Wildman–Crippen LogP) is 6.81. The molecule has 162 valence electrons. The molecule has 0 unspecified atom stereocenters. The van der Waals surface area contributed by atoms with E-state index in [-0.39, 0.29) is 5.75 Å². The Balaban J connectivity index is 1.88. The lowest BCUT2D eigenvalue weighted by Gasteiger charge is -2.15. The van der Waals surface area contributed by atoms with Crippen molar-refractivity contribution in [2.75, 3.05) is 27.2 Å². The fourth-order valence-corrected chi connectivity index (χ4v) is 4.13. The number of aromatic hydroxyl groups is 1. The van der Waals surface area contributed by atoms with Crippen LogP contribution in [-0.4, -0.2) is 37.3 Å². The maximum absolute atomic E-state index is 10.2. The number of ether oxygens (including phenoxy) is 1. The third-order valence-electron chi connectivity index (χ3n) is 5.82. The number of fused-ring (bicyclic) bond motifs is 3. The number of likely N-dealkylation sites (N-methyl/N-ethyl adjacent to an activating group) is 1. The van der Waals surface area contributed by atoms with Gasteiger partial charge in [0.25, 0.3) is 0 Å². The highest BCUT2D eigenvalue weighted by atomic mass is 16.5. The molecular formula is C29H29NO2. The molecule has 1 N–H and O–H groups in total. The topological polar surface area (TPSA) is 32.7 Å². The number of hydrogen-bond donors (Lipinski definition) is 1. The quantitative estimate of drug-likeness (QED) is 0.262. The van der Waals surface area contributed by atoms with Crippen LogP contribution in [-0.2, 0) is 0 Å². The van der Waals surface area contributed by atoms with Gasteiger partial charge in [-0.25, -0.2) is 0 Å². The summed E-state index contributed by atoms with van der Waals surface area (Å²) in [6.07, 6.45) is 1.78. The number of hydrogen-bond acceptors (Lipinski definition) is 3. The summed E-state index contributed by atoms with van der Waals surface area (Å²) in [6.45, 7) is 11.6. The number of allylic oxidation sites excluding steroid dienone is 2. The number of benzene rings is 4. The molecule has 3 nitrogen and oxygen atoms in total. The summed E-state index contributed by atoms with van der Waals surface area (Å²) in [5, 5.41) is 14.7. The van der Waals surface area contributed by atoms with Crippen molar-refractivity contribution in [3.8, 4) is 22.6 Å². The lowest BCUT2D eigenvalue weighted by atomic mass is 9.89. The Hall–Kier alpha value is -3.56. The number of nitrogens with zero attached hydrogens (tertiary/aromatic N) is 1. The van der Waals surface area contributed by atoms with Crippen LogP contribution in [0.25, 0.3) is 38.2 Å². The van der Waals surface area contributed by atoms with Crippen LogP contribution in [0.5, 0.6) is 11.5 Å². The molecule has 0 spiro atoms. The summed E-state index contributed by atoms with van der Waals surface area (Å²) < 4.78 is 5.86. The Bertz CT molecular complexity index is 1320. The highest BCUT2D eigenvalue weighted by molar-refractivity contribution is 6.15. The zero-order valence-corrected chi connectivity index (χ0v) is 19.0. The molecule has 0 aliphatic rings. The van der Waals surface area contributed by atoms with Crippen molar-refractivity contribution in [1.29, 1.82) is 0 Å². The van der Waals surface area contributed by atoms with Crippen molar-refractivity contribution in [1.82, 2.24) is 4.90 Å². The van der Waals surface area contributed by atoms with E-state index in [1.165, 1.54) is 0 Å². The number of rotatable bonds is 7. The van der Waals surface area contributed by atoms with Crippen molar-refractivity contribution in [2.45, 2.75) is 6.92 Å². The maximum atomic E-state index is 10.2. The largest absolute Gasteiger partial charge is 0.508 e. The lowest BCUT2D eigenvalue weighted by molar-refractivity contribution is 0.261. The molecule has 0 bridgehead atoms. The van der Waals surface area contributed by atoms with Gasteiger partial charge in [-0.05, 0) is 107 Å². The van der Waals surface area contributed by atoms with E-state index in [0.717, 1.165) is 61.7 Å². The predicted molar refractivity (Wildman–Crippen MR) is 137 cm³/mol. The Morgan fingerprint density at radius 1 is 1.00 bits per heavy atom. The van der Waals surface area contributed by atoms with Gasteiger partial charge in [0.15, 0.2) is 0 Å². The van der Waals surface area contributed by atoms with Crippen molar-refractivity contribution in [3.63, 3.8) is 0 Å². The minimum Gasteiger partial charge on any atom is -0.508 e. The highest BCUT2D eigenvalue weighted by Crippen LogP contribution is 2.39. The van der Waals surface area contributed by atoms with Gasteiger partial charge < -0.3 is 14.7 Å². The second kappa shape index (κ2) is 8.89. The van der Waals surface area contributed by atoms with Crippen LogP contribution < -0.4 is 4.74 Å². The molecule has 0 fully saturated rings. The van der Waals surface area contributed by atoms with E-state index in [9.17, 15) is 5.11 Å². The summed E-state index contributed by atoms with van der Waals surface area (Å²) >= 11 is 0. The van der Waals surface area contributed by atoms with Gasteiger partial charge >= 0.3 is 0 Å². The highest BCUT2D eigenvalue weighted by Gasteiger charge is 2.13. The molecular weight excluding hydrogens is 394 g/mol. The Kier molecular flexibility index (Phi) is 6.02. The average molecular weight is 424 g/mol. The van der Waals surface area contributed by atoms with E-state index in [0.29, 0.717) is 6.61 Å². The second-order valence-corrected chi connectivity index (χ2v) is 8.45. The van der Waals surface area contributed by atoms with Gasteiger partial charge in [0.05, 0.1) is 0 Å². The third kappa shape index (κ3) is 4.25. The smallest absolute Gasteiger partial charge is 0.119 e. The molecule has 4 aromatic carbocycles. The van der Waals surface area contributed by atoms with Gasteiger partial charge in [-0.2, -0.15) is 0 Å². The molecule has 3 heteroatoms. The van der Waals surface area contributed by atoms with E-state index in [2.05, 4.69) is 54.5 Å². The maximum Gasteiger partial charge on any atom is 0.119 e. The average Bonchev–Trinajstić information content (AvgIpc) is 2.77. The fourth-order valence-electron chi connectivity index (χ4n) is 4.13. The van der Waals surface area contributed by atoms with Crippen LogP contribution in [0, 0.1) is 6.92 Å². The zero-order chi connectivity index (χ0) is 22.8. The molecule has 0 aromatic heterocycles. The summed E-state index contributed by atoms with van der Waals surface area (Å²) in [5.41, 5.74) is 5.20. The van der Waals surface area contributed by atoms with Crippen LogP contribution in [0.1, 0.15) is 11.1 Å². The SMILES string of the molecule is C=CC(=C)c1ccc2c(c1)c(-c1ccc(OCCN(C)C)cc1)cc1cc(O)cc(C)c12. The van der Waals surface area contributed by atoms with Gasteiger partial charge in [-0.15, -0.1) is 0 Å². The number of phenols is 1. The van der Waals surface area contributed by atoms with Gasteiger partial charge in [0, 0.05) is 6.54 Å². The van der Waals surface area contributed by atoms with Crippen LogP contribution in [0.3, 0.4) is 0 Å². The first-order valence-electron chi connectivity index (χ1n) is 10.8. The van der Waals surface area contributed by atoms with E-state index in [1.54, 1.807) is 6.08 Å². The van der Waals surface area contributed by atoms with Crippen molar-refractivity contribution < 1.29 is 9.84 Å². The zero-order valence-electron chi connectivity index (χ0n) is 19.0. The normalized spacial score (nSPS) is 11.2. The molecule has 0 aliphatic heterocycles. The summed E-state index contributed by atoms with van der Waals surface area (Å²) in [5.74, 6) is 1.14. The molecule has 32 heavy (non-hydrogen) atoms. The Morgan fingerprint density at radius 2 is 1.75 bits per heavy atom. The lowest BCUT2D eigenvalue weighted by Crippen LogP contribution is -2.19. The molecule has 0 heterocycles. The van der Waals surface area contributed by atoms with Crippen LogP contribution in [0.2, 0.25) is 0 Å². The molecule has 0 saturated carbocycles. The number of aryl methyl sites for hydroxylation is 1. The van der Waals surface area contributed by atoms with Crippen LogP contribution >= 0.6 is 0 Å². The third-order valence-corrected chi connectivity index (χ3v) is 5.82. The van der Waals surface area contributed by atoms with E-state index < -0.39 is 0 Å². The van der Waals surface area contributed by atoms with Gasteiger partial charge in [-0.3, -0.25) is 0 Å². The molecule has 0 aliphatic carbocycles. The fraction of sp³-hybridized carbons (Fsp3) is 0.172. The van der Waals surface area contributed by atoms with Crippen LogP contribution in [0.15, 0.2) is 79.9 Å². The van der Waals surface area contributed by atoms with Gasteiger partial charge in [-0.1, -0.05) is 43.5 Å². The molecule has 0 atom stereocenters. The first kappa shape index (κ1) is 21.7. The first-order chi connectivity index (χ1) is 15.4. The Morgan fingerprint density at radius 3 is 2.44 bits per heavy atom. The number of phenolic OH excluding ortho intramolecular Hbond substituents is 1. The van der Waals surface area contributed by atoms with E-state index in [4.69, 9.17) is 4.74 Å². The molecule has 4 rings (SSSR count). The summed E-state index contributed by atoms with van der Waals surface area (Å²) in [6, 6.07) is 20.4. The molecule has 0 amide bonds. The monoisotopic (exact) mass is 423 g/mol. The minimum atomic E-state index is 0.279. The summed E-state index contributed by atoms with van der Waals surface area (Å²) in [4.78, 5) is 2.10. The van der Waals surface area contributed by atoms with Crippen molar-refractivity contribution >= 4 is 27.1 Å². The standard InChI is InChI=1S/C29H29NO2/c1-6-19(2)22-9-12-26-28(17-22)27(18-23-16-24(31)15-20(3)29(23)26)21-7-10-25(11-8-21)32-14-13-30(4)5/h6-12,15-18,31H,1-2,13-14H2,3-5H3. The van der Waals surface area contributed by atoms with E-state index in [1.807, 2.05) is 45.3 Å². The first-order valence-corrected chi connectivity index (χ1v) is 10.8. The van der Waals surface area contributed by atoms with Crippen LogP contribution in [0.4, 0.5) is 0 Å². The summed E-state index contributed by atoms with van der Waals surface area (Å²) in [7, 11) is 4.07. The molecule has 0 saturated heterocycles. The van der Waals surface area contributed by atoms with Gasteiger partial charge in [0.1, 0.15) is 18.1 Å². The minimum absolute atomic E-state index is 0.279.